The molecule has 1 rings (SSSR count). The highest BCUT2D eigenvalue weighted by atomic mass is 15.2. The van der Waals surface area contributed by atoms with Crippen molar-refractivity contribution in [2.24, 2.45) is 0 Å². The van der Waals surface area contributed by atoms with Crippen LogP contribution in [-0.4, -0.2) is 17.0 Å². The van der Waals surface area contributed by atoms with Gasteiger partial charge in [0.2, 0.25) is 0 Å². The number of hydrogen-bond acceptors (Lipinski definition) is 2. The van der Waals surface area contributed by atoms with Crippen molar-refractivity contribution in [3.05, 3.63) is 24.4 Å². The lowest BCUT2D eigenvalue weighted by Crippen LogP contribution is -2.39. The van der Waals surface area contributed by atoms with Crippen LogP contribution in [0.5, 0.6) is 0 Å². The summed E-state index contributed by atoms with van der Waals surface area (Å²) in [5.41, 5.74) is -0.388. The van der Waals surface area contributed by atoms with E-state index in [9.17, 15) is 0 Å². The molecule has 1 aliphatic rings. The molecule has 0 amide bonds. The molecule has 58 valence electrons. The molecule has 2 heteroatoms. The van der Waals surface area contributed by atoms with Crippen molar-refractivity contribution in [3.63, 3.8) is 0 Å². The average molecular weight is 148 g/mol. The zero-order valence-electron chi connectivity index (χ0n) is 6.91. The van der Waals surface area contributed by atoms with Crippen LogP contribution in [0, 0.1) is 11.3 Å². The SMILES string of the molecule is CC(C)(C#N)N1C=CC=CC1. The van der Waals surface area contributed by atoms with E-state index in [2.05, 4.69) is 6.07 Å². The molecular weight excluding hydrogens is 136 g/mol. The minimum Gasteiger partial charge on any atom is -0.356 e. The Morgan fingerprint density at radius 2 is 2.18 bits per heavy atom. The van der Waals surface area contributed by atoms with E-state index in [0.717, 1.165) is 6.54 Å². The van der Waals surface area contributed by atoms with Crippen molar-refractivity contribution in [1.29, 1.82) is 5.26 Å². The molecule has 0 aromatic carbocycles. The van der Waals surface area contributed by atoms with E-state index in [1.54, 1.807) is 0 Å². The zero-order valence-corrected chi connectivity index (χ0v) is 6.91. The van der Waals surface area contributed by atoms with Gasteiger partial charge in [0.15, 0.2) is 0 Å². The van der Waals surface area contributed by atoms with E-state index in [-0.39, 0.29) is 5.54 Å². The lowest BCUT2D eigenvalue weighted by Gasteiger charge is -2.31. The van der Waals surface area contributed by atoms with Crippen LogP contribution in [0.2, 0.25) is 0 Å². The molecule has 0 bridgehead atoms. The lowest BCUT2D eigenvalue weighted by molar-refractivity contribution is 0.266. The van der Waals surface area contributed by atoms with Gasteiger partial charge >= 0.3 is 0 Å². The summed E-state index contributed by atoms with van der Waals surface area (Å²) in [7, 11) is 0. The van der Waals surface area contributed by atoms with E-state index in [1.807, 2.05) is 43.2 Å². The summed E-state index contributed by atoms with van der Waals surface area (Å²) in [6.07, 6.45) is 7.93. The molecule has 0 spiro atoms. The van der Waals surface area contributed by atoms with Crippen molar-refractivity contribution < 1.29 is 0 Å². The third-order valence-electron chi connectivity index (χ3n) is 1.81. The van der Waals surface area contributed by atoms with Gasteiger partial charge in [-0.2, -0.15) is 5.26 Å². The standard InChI is InChI=1S/C9H12N2/c1-9(2,8-10)11-6-4-3-5-7-11/h3-6H,7H2,1-2H3. The van der Waals surface area contributed by atoms with E-state index < -0.39 is 0 Å². The van der Waals surface area contributed by atoms with E-state index in [0.29, 0.717) is 0 Å². The van der Waals surface area contributed by atoms with Crippen LogP contribution in [0.1, 0.15) is 13.8 Å². The van der Waals surface area contributed by atoms with Crippen LogP contribution >= 0.6 is 0 Å². The molecular formula is C9H12N2. The topological polar surface area (TPSA) is 27.0 Å². The molecule has 2 nitrogen and oxygen atoms in total. The molecule has 0 unspecified atom stereocenters. The van der Waals surface area contributed by atoms with Crippen LogP contribution in [-0.2, 0) is 0 Å². The molecule has 11 heavy (non-hydrogen) atoms. The van der Waals surface area contributed by atoms with E-state index in [4.69, 9.17) is 5.26 Å². The lowest BCUT2D eigenvalue weighted by atomic mass is 10.1. The fourth-order valence-electron chi connectivity index (χ4n) is 0.946. The number of hydrogen-bond donors (Lipinski definition) is 0. The predicted molar refractivity (Wildman–Crippen MR) is 44.7 cm³/mol. The molecule has 0 aromatic heterocycles. The van der Waals surface area contributed by atoms with Gasteiger partial charge in [-0.05, 0) is 19.9 Å². The fourth-order valence-corrected chi connectivity index (χ4v) is 0.946. The van der Waals surface area contributed by atoms with Crippen LogP contribution < -0.4 is 0 Å². The third kappa shape index (κ3) is 1.62. The highest BCUT2D eigenvalue weighted by molar-refractivity contribution is 5.15. The first-order chi connectivity index (χ1) is 5.17. The fraction of sp³-hybridized carbons (Fsp3) is 0.444. The Hall–Kier alpha value is -1.23. The van der Waals surface area contributed by atoms with Crippen molar-refractivity contribution in [2.45, 2.75) is 19.4 Å². The quantitative estimate of drug-likeness (QED) is 0.565. The average Bonchev–Trinajstić information content (AvgIpc) is 2.06. The Bertz CT molecular complexity index is 230. The minimum atomic E-state index is -0.388. The highest BCUT2D eigenvalue weighted by Crippen LogP contribution is 2.15. The molecule has 0 aliphatic carbocycles. The van der Waals surface area contributed by atoms with E-state index in [1.165, 1.54) is 0 Å². The smallest absolute Gasteiger partial charge is 0.121 e. The summed E-state index contributed by atoms with van der Waals surface area (Å²) in [5, 5.41) is 8.80. The first-order valence-corrected chi connectivity index (χ1v) is 3.68. The summed E-state index contributed by atoms with van der Waals surface area (Å²) in [6, 6.07) is 2.25. The van der Waals surface area contributed by atoms with Crippen molar-refractivity contribution >= 4 is 0 Å². The Labute approximate surface area is 67.4 Å². The van der Waals surface area contributed by atoms with Crippen molar-refractivity contribution in [3.8, 4) is 6.07 Å². The summed E-state index contributed by atoms with van der Waals surface area (Å²) < 4.78 is 0. The summed E-state index contributed by atoms with van der Waals surface area (Å²) in [4.78, 5) is 2.01. The largest absolute Gasteiger partial charge is 0.356 e. The first kappa shape index (κ1) is 7.87. The number of nitrogens with zero attached hydrogens (tertiary/aromatic N) is 2. The van der Waals surface area contributed by atoms with Gasteiger partial charge in [-0.1, -0.05) is 12.2 Å². The van der Waals surface area contributed by atoms with Gasteiger partial charge in [0, 0.05) is 12.7 Å². The summed E-state index contributed by atoms with van der Waals surface area (Å²) in [5.74, 6) is 0. The van der Waals surface area contributed by atoms with Gasteiger partial charge < -0.3 is 4.90 Å². The normalized spacial score (nSPS) is 16.6. The van der Waals surface area contributed by atoms with E-state index >= 15 is 0 Å². The summed E-state index contributed by atoms with van der Waals surface area (Å²) >= 11 is 0. The zero-order chi connectivity index (χ0) is 8.32. The van der Waals surface area contributed by atoms with Crippen LogP contribution in [0.3, 0.4) is 0 Å². The van der Waals surface area contributed by atoms with Crippen LogP contribution in [0.4, 0.5) is 0 Å². The third-order valence-corrected chi connectivity index (χ3v) is 1.81. The molecule has 0 aromatic rings. The molecule has 1 heterocycles. The Kier molecular flexibility index (Phi) is 2.00. The maximum atomic E-state index is 8.80. The van der Waals surface area contributed by atoms with Crippen molar-refractivity contribution in [1.82, 2.24) is 4.90 Å². The second-order valence-corrected chi connectivity index (χ2v) is 3.09. The Morgan fingerprint density at radius 1 is 1.45 bits per heavy atom. The molecule has 0 saturated heterocycles. The summed E-state index contributed by atoms with van der Waals surface area (Å²) in [6.45, 7) is 4.66. The first-order valence-electron chi connectivity index (χ1n) is 3.68. The number of nitriles is 1. The van der Waals surface area contributed by atoms with Gasteiger partial charge in [-0.25, -0.2) is 0 Å². The maximum Gasteiger partial charge on any atom is 0.121 e. The molecule has 0 fully saturated rings. The van der Waals surface area contributed by atoms with Crippen molar-refractivity contribution in [2.75, 3.05) is 6.54 Å². The monoisotopic (exact) mass is 148 g/mol. The molecule has 0 radical (unpaired) electrons. The number of rotatable bonds is 1. The highest BCUT2D eigenvalue weighted by Gasteiger charge is 2.22. The Morgan fingerprint density at radius 3 is 2.64 bits per heavy atom. The predicted octanol–water partition coefficient (Wildman–Crippen LogP) is 1.67. The van der Waals surface area contributed by atoms with Crippen LogP contribution in [0.25, 0.3) is 0 Å². The molecule has 0 saturated carbocycles. The Balaban J connectivity index is 2.71. The molecule has 0 N–H and O–H groups in total. The minimum absolute atomic E-state index is 0.388. The van der Waals surface area contributed by atoms with Gasteiger partial charge in [-0.3, -0.25) is 0 Å². The van der Waals surface area contributed by atoms with Gasteiger partial charge in [0.25, 0.3) is 0 Å². The van der Waals surface area contributed by atoms with Gasteiger partial charge in [0.1, 0.15) is 5.54 Å². The molecule has 0 atom stereocenters. The van der Waals surface area contributed by atoms with Crippen LogP contribution in [0.15, 0.2) is 24.4 Å². The molecule has 1 aliphatic heterocycles. The van der Waals surface area contributed by atoms with Gasteiger partial charge in [-0.15, -0.1) is 0 Å². The second kappa shape index (κ2) is 2.79. The number of allylic oxidation sites excluding steroid dienone is 2. The second-order valence-electron chi connectivity index (χ2n) is 3.09. The maximum absolute atomic E-state index is 8.80. The van der Waals surface area contributed by atoms with Gasteiger partial charge in [0.05, 0.1) is 6.07 Å².